The number of H-pyrrole nitrogens is 1. The van der Waals surface area contributed by atoms with Crippen molar-refractivity contribution in [2.45, 2.75) is 45.6 Å². The van der Waals surface area contributed by atoms with E-state index in [9.17, 15) is 4.79 Å². The Morgan fingerprint density at radius 1 is 1.28 bits per heavy atom. The van der Waals surface area contributed by atoms with Crippen LogP contribution in [0.4, 0.5) is 10.5 Å². The van der Waals surface area contributed by atoms with Gasteiger partial charge >= 0.3 is 6.09 Å². The molecule has 2 aromatic heterocycles. The van der Waals surface area contributed by atoms with Gasteiger partial charge in [0.25, 0.3) is 0 Å². The van der Waals surface area contributed by atoms with Gasteiger partial charge in [0, 0.05) is 34.5 Å². The number of aromatic nitrogens is 3. The van der Waals surface area contributed by atoms with Gasteiger partial charge in [0.2, 0.25) is 0 Å². The predicted molar refractivity (Wildman–Crippen MR) is 144 cm³/mol. The van der Waals surface area contributed by atoms with Crippen molar-refractivity contribution in [2.75, 3.05) is 18.4 Å². The molecule has 1 atom stereocenters. The number of nitrogens with zero attached hydrogens (tertiary/aromatic N) is 2. The van der Waals surface area contributed by atoms with Crippen LogP contribution in [0.1, 0.15) is 43.1 Å². The standard InChI is InChI=1S/C28H32ClN5O2/c1-18(2)34-17-20(16-31-34)11-12-30-15-19-7-9-25-22(13-19)23-14-21(8-10-26(23)33-25)32-28(35)36-27-6-4-3-5-24(27)29/h3-6,8,10,14,16-19,30,33H,7,9,11-13,15H2,1-2H3,(H,32,35). The molecule has 0 aliphatic heterocycles. The van der Waals surface area contributed by atoms with Crippen LogP contribution in [0.25, 0.3) is 10.9 Å². The molecule has 0 bridgehead atoms. The molecule has 0 radical (unpaired) electrons. The molecule has 7 nitrogen and oxygen atoms in total. The summed E-state index contributed by atoms with van der Waals surface area (Å²) < 4.78 is 7.38. The second kappa shape index (κ2) is 10.8. The number of para-hydroxylation sites is 1. The maximum atomic E-state index is 12.4. The van der Waals surface area contributed by atoms with Gasteiger partial charge in [0.1, 0.15) is 0 Å². The summed E-state index contributed by atoms with van der Waals surface area (Å²) in [5.41, 5.74) is 5.72. The van der Waals surface area contributed by atoms with Crippen LogP contribution >= 0.6 is 11.6 Å². The van der Waals surface area contributed by atoms with Crippen molar-refractivity contribution in [1.82, 2.24) is 20.1 Å². The van der Waals surface area contributed by atoms with Crippen molar-refractivity contribution < 1.29 is 9.53 Å². The molecule has 1 amide bonds. The number of anilines is 1. The second-order valence-corrected chi connectivity index (χ2v) is 10.2. The molecule has 1 aliphatic carbocycles. The third-order valence-corrected chi connectivity index (χ3v) is 7.10. The van der Waals surface area contributed by atoms with E-state index in [1.165, 1.54) is 16.8 Å². The van der Waals surface area contributed by atoms with Crippen molar-refractivity contribution in [3.05, 3.63) is 76.7 Å². The van der Waals surface area contributed by atoms with E-state index < -0.39 is 6.09 Å². The Hall–Kier alpha value is -3.29. The fraction of sp³-hybridized carbons (Fsp3) is 0.357. The number of hydrogen-bond donors (Lipinski definition) is 3. The molecule has 188 valence electrons. The minimum absolute atomic E-state index is 0.334. The van der Waals surface area contributed by atoms with E-state index in [4.69, 9.17) is 16.3 Å². The zero-order valence-electron chi connectivity index (χ0n) is 20.7. The summed E-state index contributed by atoms with van der Waals surface area (Å²) in [4.78, 5) is 16.0. The third-order valence-electron chi connectivity index (χ3n) is 6.78. The quantitative estimate of drug-likeness (QED) is 0.251. The molecule has 0 saturated carbocycles. The minimum Gasteiger partial charge on any atom is -0.409 e. The maximum absolute atomic E-state index is 12.4. The van der Waals surface area contributed by atoms with E-state index in [0.717, 1.165) is 49.7 Å². The Bertz CT molecular complexity index is 1360. The van der Waals surface area contributed by atoms with Crippen molar-refractivity contribution in [3.63, 3.8) is 0 Å². The lowest BCUT2D eigenvalue weighted by molar-refractivity contribution is 0.215. The van der Waals surface area contributed by atoms with Crippen LogP contribution in [0.3, 0.4) is 0 Å². The van der Waals surface area contributed by atoms with Gasteiger partial charge in [-0.1, -0.05) is 23.7 Å². The van der Waals surface area contributed by atoms with Crippen LogP contribution in [0, 0.1) is 5.92 Å². The highest BCUT2D eigenvalue weighted by atomic mass is 35.5. The van der Waals surface area contributed by atoms with E-state index >= 15 is 0 Å². The molecule has 3 N–H and O–H groups in total. The number of benzene rings is 2. The van der Waals surface area contributed by atoms with Gasteiger partial charge in [-0.25, -0.2) is 4.79 Å². The molecule has 1 aliphatic rings. The summed E-state index contributed by atoms with van der Waals surface area (Å²) in [6, 6.07) is 13.2. The number of carbonyl (C=O) groups excluding carboxylic acids is 1. The number of ether oxygens (including phenoxy) is 1. The molecule has 5 rings (SSSR count). The molecule has 0 fully saturated rings. The number of halogens is 1. The Morgan fingerprint density at radius 3 is 2.94 bits per heavy atom. The van der Waals surface area contributed by atoms with Gasteiger partial charge in [0.15, 0.2) is 5.75 Å². The van der Waals surface area contributed by atoms with E-state index in [2.05, 4.69) is 40.8 Å². The lowest BCUT2D eigenvalue weighted by Gasteiger charge is -2.23. The molecular formula is C28H32ClN5O2. The Balaban J connectivity index is 1.18. The number of rotatable bonds is 8. The van der Waals surface area contributed by atoms with Gasteiger partial charge in [-0.15, -0.1) is 0 Å². The number of nitrogens with one attached hydrogen (secondary N) is 3. The van der Waals surface area contributed by atoms with Crippen LogP contribution in [-0.4, -0.2) is 33.9 Å². The van der Waals surface area contributed by atoms with E-state index in [1.54, 1.807) is 24.3 Å². The highest BCUT2D eigenvalue weighted by Crippen LogP contribution is 2.33. The monoisotopic (exact) mass is 505 g/mol. The van der Waals surface area contributed by atoms with Crippen molar-refractivity contribution in [2.24, 2.45) is 5.92 Å². The lowest BCUT2D eigenvalue weighted by Crippen LogP contribution is -2.28. The molecule has 36 heavy (non-hydrogen) atoms. The Labute approximate surface area is 216 Å². The van der Waals surface area contributed by atoms with Crippen LogP contribution < -0.4 is 15.4 Å². The molecule has 4 aromatic rings. The van der Waals surface area contributed by atoms with E-state index in [0.29, 0.717) is 28.4 Å². The molecule has 0 spiro atoms. The normalized spacial score (nSPS) is 15.3. The van der Waals surface area contributed by atoms with E-state index in [1.807, 2.05) is 29.1 Å². The van der Waals surface area contributed by atoms with Crippen molar-refractivity contribution in [3.8, 4) is 5.75 Å². The highest BCUT2D eigenvalue weighted by Gasteiger charge is 2.22. The fourth-order valence-electron chi connectivity index (χ4n) is 4.84. The van der Waals surface area contributed by atoms with Crippen molar-refractivity contribution >= 4 is 34.3 Å². The third kappa shape index (κ3) is 5.58. The first kappa shape index (κ1) is 24.4. The van der Waals surface area contributed by atoms with Gasteiger partial charge in [-0.2, -0.15) is 5.10 Å². The van der Waals surface area contributed by atoms with Crippen LogP contribution in [-0.2, 0) is 19.3 Å². The molecule has 8 heteroatoms. The number of aromatic amines is 1. The molecule has 0 saturated heterocycles. The van der Waals surface area contributed by atoms with Gasteiger partial charge in [-0.3, -0.25) is 10.00 Å². The van der Waals surface area contributed by atoms with Crippen LogP contribution in [0.2, 0.25) is 5.02 Å². The van der Waals surface area contributed by atoms with Crippen LogP contribution in [0.5, 0.6) is 5.75 Å². The first-order valence-corrected chi connectivity index (χ1v) is 12.9. The first-order valence-electron chi connectivity index (χ1n) is 12.6. The SMILES string of the molecule is CC(C)n1cc(CCNCC2CCc3[nH]c4ccc(NC(=O)Oc5ccccc5Cl)cc4c3C2)cn1. The number of amides is 1. The summed E-state index contributed by atoms with van der Waals surface area (Å²) in [6.07, 6.45) is 7.74. The summed E-state index contributed by atoms with van der Waals surface area (Å²) in [5, 5.41) is 12.5. The average molecular weight is 506 g/mol. The van der Waals surface area contributed by atoms with Crippen LogP contribution in [0.15, 0.2) is 54.9 Å². The van der Waals surface area contributed by atoms with Gasteiger partial charge in [0.05, 0.1) is 11.2 Å². The molecule has 2 aromatic carbocycles. The lowest BCUT2D eigenvalue weighted by atomic mass is 9.86. The van der Waals surface area contributed by atoms with Crippen molar-refractivity contribution in [1.29, 1.82) is 0 Å². The van der Waals surface area contributed by atoms with E-state index in [-0.39, 0.29) is 0 Å². The predicted octanol–water partition coefficient (Wildman–Crippen LogP) is 6.15. The first-order chi connectivity index (χ1) is 17.5. The van der Waals surface area contributed by atoms with Gasteiger partial charge in [-0.05, 0) is 100.0 Å². The summed E-state index contributed by atoms with van der Waals surface area (Å²) >= 11 is 6.10. The maximum Gasteiger partial charge on any atom is 0.417 e. The summed E-state index contributed by atoms with van der Waals surface area (Å²) in [6.45, 7) is 6.22. The highest BCUT2D eigenvalue weighted by molar-refractivity contribution is 6.32. The Morgan fingerprint density at radius 2 is 2.14 bits per heavy atom. The van der Waals surface area contributed by atoms with Gasteiger partial charge < -0.3 is 15.0 Å². The number of aryl methyl sites for hydroxylation is 1. The number of hydrogen-bond acceptors (Lipinski definition) is 4. The zero-order chi connectivity index (χ0) is 25.1. The Kier molecular flexibility index (Phi) is 7.30. The molecule has 1 unspecified atom stereocenters. The minimum atomic E-state index is -0.562. The number of fused-ring (bicyclic) bond motifs is 3. The topological polar surface area (TPSA) is 84.0 Å². The summed E-state index contributed by atoms with van der Waals surface area (Å²) in [5.74, 6) is 0.914. The average Bonchev–Trinajstić information content (AvgIpc) is 3.48. The smallest absolute Gasteiger partial charge is 0.409 e. The summed E-state index contributed by atoms with van der Waals surface area (Å²) in [7, 11) is 0. The molecular weight excluding hydrogens is 474 g/mol. The second-order valence-electron chi connectivity index (χ2n) is 9.77. The zero-order valence-corrected chi connectivity index (χ0v) is 21.4. The largest absolute Gasteiger partial charge is 0.417 e. The fourth-order valence-corrected chi connectivity index (χ4v) is 5.01. The number of carbonyl (C=O) groups is 1. The molecule has 2 heterocycles.